The standard InChI is InChI=1S/C29H27O4S.Li/c1-21-5-11-24(12-6-21)32-25-13-7-22(8-14-25)29(2,3)23-9-15-26(16-10-23)33-27-17-19-28(20-18-27)34(4,30)31;/h5-19H,1-4H3;/q-1;+1. The first kappa shape index (κ1) is 26.6. The minimum atomic E-state index is -3.28. The molecule has 6 heteroatoms. The zero-order valence-corrected chi connectivity index (χ0v) is 21.5. The van der Waals surface area contributed by atoms with Crippen LogP contribution >= 0.6 is 0 Å². The van der Waals surface area contributed by atoms with E-state index in [2.05, 4.69) is 39.0 Å². The van der Waals surface area contributed by atoms with E-state index in [9.17, 15) is 8.42 Å². The number of hydrogen-bond donors (Lipinski definition) is 0. The maximum atomic E-state index is 11.6. The van der Waals surface area contributed by atoms with Gasteiger partial charge in [0.15, 0.2) is 9.84 Å². The topological polar surface area (TPSA) is 52.6 Å². The van der Waals surface area contributed by atoms with Crippen molar-refractivity contribution in [2.45, 2.75) is 31.1 Å². The van der Waals surface area contributed by atoms with Crippen LogP contribution in [0.3, 0.4) is 0 Å². The predicted molar refractivity (Wildman–Crippen MR) is 135 cm³/mol. The van der Waals surface area contributed by atoms with E-state index in [1.54, 1.807) is 6.07 Å². The number of ether oxygens (including phenoxy) is 2. The number of sulfone groups is 1. The van der Waals surface area contributed by atoms with Crippen molar-refractivity contribution in [2.24, 2.45) is 0 Å². The summed E-state index contributed by atoms with van der Waals surface area (Å²) in [7, 11) is -3.28. The van der Waals surface area contributed by atoms with E-state index in [0.29, 0.717) is 11.5 Å². The minimum absolute atomic E-state index is 0. The third kappa shape index (κ3) is 6.58. The summed E-state index contributed by atoms with van der Waals surface area (Å²) in [5.74, 6) is 2.81. The Balaban J connectivity index is 0.00000342. The number of rotatable bonds is 7. The van der Waals surface area contributed by atoms with Gasteiger partial charge in [-0.2, -0.15) is 6.07 Å². The molecule has 4 aromatic carbocycles. The fraction of sp³-hybridized carbons (Fsp3) is 0.172. The monoisotopic (exact) mass is 478 g/mol. The molecule has 0 aliphatic carbocycles. The summed E-state index contributed by atoms with van der Waals surface area (Å²) in [4.78, 5) is 0.146. The smallest absolute Gasteiger partial charge is 0.517 e. The Bertz CT molecular complexity index is 1360. The van der Waals surface area contributed by atoms with E-state index in [4.69, 9.17) is 9.47 Å². The van der Waals surface area contributed by atoms with E-state index in [0.717, 1.165) is 23.3 Å². The van der Waals surface area contributed by atoms with Gasteiger partial charge in [-0.25, -0.2) is 8.42 Å². The Labute approximate surface area is 220 Å². The first-order chi connectivity index (χ1) is 16.1. The third-order valence-corrected chi connectivity index (χ3v) is 6.85. The van der Waals surface area contributed by atoms with Crippen LogP contribution in [0.1, 0.15) is 30.5 Å². The molecule has 4 nitrogen and oxygen atoms in total. The molecule has 0 saturated heterocycles. The van der Waals surface area contributed by atoms with Gasteiger partial charge in [0, 0.05) is 17.4 Å². The summed E-state index contributed by atoms with van der Waals surface area (Å²) in [6, 6.07) is 31.5. The fourth-order valence-corrected chi connectivity index (χ4v) is 4.20. The Morgan fingerprint density at radius 1 is 0.657 bits per heavy atom. The SMILES string of the molecule is Cc1ccc(Oc2ccc(C(C)(C)c3ccc(Oc4c[c-]c(S(C)(=O)=O)cc4)cc3)cc2)cc1.[Li+]. The molecule has 0 N–H and O–H groups in total. The molecule has 0 heterocycles. The van der Waals surface area contributed by atoms with Gasteiger partial charge >= 0.3 is 18.9 Å². The first-order valence-electron chi connectivity index (χ1n) is 11.0. The Morgan fingerprint density at radius 3 is 1.46 bits per heavy atom. The molecule has 0 atom stereocenters. The molecule has 0 fully saturated rings. The van der Waals surface area contributed by atoms with Crippen LogP contribution in [0.15, 0.2) is 95.9 Å². The van der Waals surface area contributed by atoms with Gasteiger partial charge in [-0.3, -0.25) is 0 Å². The molecular formula is C29H27LiO4S. The van der Waals surface area contributed by atoms with E-state index < -0.39 is 9.84 Å². The van der Waals surface area contributed by atoms with E-state index in [-0.39, 0.29) is 29.2 Å². The van der Waals surface area contributed by atoms with Crippen molar-refractivity contribution in [2.75, 3.05) is 6.26 Å². The molecule has 174 valence electrons. The number of aryl methyl sites for hydroxylation is 1. The summed E-state index contributed by atoms with van der Waals surface area (Å²) in [5, 5.41) is 0. The van der Waals surface area contributed by atoms with Crippen molar-refractivity contribution >= 4 is 9.84 Å². The van der Waals surface area contributed by atoms with Gasteiger partial charge < -0.3 is 9.47 Å². The summed E-state index contributed by atoms with van der Waals surface area (Å²) in [5.41, 5.74) is 3.30. The molecule has 0 aliphatic rings. The molecule has 35 heavy (non-hydrogen) atoms. The molecule has 0 amide bonds. The molecular weight excluding hydrogens is 451 g/mol. The van der Waals surface area contributed by atoms with Gasteiger partial charge in [0.25, 0.3) is 0 Å². The molecule has 4 rings (SSSR count). The predicted octanol–water partition coefficient (Wildman–Crippen LogP) is 4.11. The van der Waals surface area contributed by atoms with Gasteiger partial charge in [0.1, 0.15) is 17.2 Å². The van der Waals surface area contributed by atoms with Crippen molar-refractivity contribution in [3.05, 3.63) is 114 Å². The molecule has 0 radical (unpaired) electrons. The van der Waals surface area contributed by atoms with E-state index in [1.165, 1.54) is 23.3 Å². The maximum absolute atomic E-state index is 11.6. The van der Waals surface area contributed by atoms with Gasteiger partial charge in [-0.05, 0) is 59.3 Å². The molecule has 0 bridgehead atoms. The van der Waals surface area contributed by atoms with Crippen LogP contribution in [0.25, 0.3) is 0 Å². The molecule has 0 aromatic heterocycles. The molecule has 0 saturated carbocycles. The van der Waals surface area contributed by atoms with Crippen molar-refractivity contribution in [1.29, 1.82) is 0 Å². The summed E-state index contributed by atoms with van der Waals surface area (Å²) in [6.07, 6.45) is 1.16. The van der Waals surface area contributed by atoms with Crippen LogP contribution < -0.4 is 28.3 Å². The van der Waals surface area contributed by atoms with Crippen LogP contribution in [0.2, 0.25) is 0 Å². The maximum Gasteiger partial charge on any atom is 1.00 e. The zero-order valence-electron chi connectivity index (χ0n) is 20.7. The quantitative estimate of drug-likeness (QED) is 0.296. The van der Waals surface area contributed by atoms with Crippen LogP contribution in [-0.4, -0.2) is 14.7 Å². The molecule has 0 unspecified atom stereocenters. The van der Waals surface area contributed by atoms with Crippen LogP contribution in [0.5, 0.6) is 23.0 Å². The van der Waals surface area contributed by atoms with Gasteiger partial charge in [0.2, 0.25) is 0 Å². The van der Waals surface area contributed by atoms with Crippen LogP contribution in [0, 0.1) is 13.0 Å². The second-order valence-electron chi connectivity index (χ2n) is 8.85. The largest absolute Gasteiger partial charge is 1.00 e. The second-order valence-corrected chi connectivity index (χ2v) is 10.8. The number of hydrogen-bond acceptors (Lipinski definition) is 4. The van der Waals surface area contributed by atoms with Gasteiger partial charge in [0.05, 0.1) is 0 Å². The van der Waals surface area contributed by atoms with Crippen LogP contribution in [0.4, 0.5) is 0 Å². The average molecular weight is 479 g/mol. The fourth-order valence-electron chi connectivity index (χ4n) is 3.61. The summed E-state index contributed by atoms with van der Waals surface area (Å²) < 4.78 is 35.0. The summed E-state index contributed by atoms with van der Waals surface area (Å²) in [6.45, 7) is 6.41. The molecule has 0 aliphatic heterocycles. The van der Waals surface area contributed by atoms with E-state index >= 15 is 0 Å². The van der Waals surface area contributed by atoms with E-state index in [1.807, 2.05) is 60.7 Å². The number of benzene rings is 4. The first-order valence-corrected chi connectivity index (χ1v) is 12.9. The van der Waals surface area contributed by atoms with Crippen molar-refractivity contribution in [1.82, 2.24) is 0 Å². The normalized spacial score (nSPS) is 11.4. The van der Waals surface area contributed by atoms with Crippen molar-refractivity contribution in [3.63, 3.8) is 0 Å². The van der Waals surface area contributed by atoms with Gasteiger partial charge in [-0.15, -0.1) is 18.2 Å². The Hall–Kier alpha value is -2.97. The van der Waals surface area contributed by atoms with Crippen molar-refractivity contribution in [3.8, 4) is 23.0 Å². The Kier molecular flexibility index (Phi) is 8.17. The van der Waals surface area contributed by atoms with Crippen LogP contribution in [-0.2, 0) is 15.3 Å². The minimum Gasteiger partial charge on any atom is -0.517 e. The average Bonchev–Trinajstić information content (AvgIpc) is 2.81. The second kappa shape index (κ2) is 10.7. The Morgan fingerprint density at radius 2 is 1.06 bits per heavy atom. The zero-order chi connectivity index (χ0) is 24.3. The van der Waals surface area contributed by atoms with Crippen molar-refractivity contribution < 1.29 is 36.8 Å². The molecule has 0 spiro atoms. The third-order valence-electron chi connectivity index (χ3n) is 5.80. The van der Waals surface area contributed by atoms with Gasteiger partial charge in [-0.1, -0.05) is 55.8 Å². The molecule has 4 aromatic rings. The summed E-state index contributed by atoms with van der Waals surface area (Å²) >= 11 is 0.